The van der Waals surface area contributed by atoms with Gasteiger partial charge in [0.1, 0.15) is 18.3 Å². The van der Waals surface area contributed by atoms with Gasteiger partial charge in [0.25, 0.3) is 5.91 Å². The predicted molar refractivity (Wildman–Crippen MR) is 182 cm³/mol. The van der Waals surface area contributed by atoms with Gasteiger partial charge in [-0.05, 0) is 64.6 Å². The third kappa shape index (κ3) is 7.31. The largest absolute Gasteiger partial charge is 0.456 e. The van der Waals surface area contributed by atoms with E-state index in [-0.39, 0.29) is 37.9 Å². The summed E-state index contributed by atoms with van der Waals surface area (Å²) in [6, 6.07) is 33.1. The van der Waals surface area contributed by atoms with Gasteiger partial charge in [-0.2, -0.15) is 0 Å². The Hall–Kier alpha value is -4.36. The van der Waals surface area contributed by atoms with Crippen molar-refractivity contribution in [3.05, 3.63) is 152 Å². The Morgan fingerprint density at radius 3 is 2.17 bits per heavy atom. The minimum Gasteiger partial charge on any atom is -0.456 e. The maximum absolute atomic E-state index is 13.6. The Morgan fingerprint density at radius 1 is 0.809 bits per heavy atom. The average molecular weight is 745 g/mol. The van der Waals surface area contributed by atoms with Crippen molar-refractivity contribution in [2.24, 2.45) is 0 Å². The number of fused-ring (bicyclic) bond motifs is 1. The number of esters is 1. The summed E-state index contributed by atoms with van der Waals surface area (Å²) < 4.78 is 20.5. The quantitative estimate of drug-likeness (QED) is 0.157. The van der Waals surface area contributed by atoms with Gasteiger partial charge in [-0.3, -0.25) is 9.59 Å². The normalized spacial score (nSPS) is 19.6. The molecular weight excluding hydrogens is 711 g/mol. The molecule has 1 fully saturated rings. The van der Waals surface area contributed by atoms with Crippen LogP contribution in [0.15, 0.2) is 121 Å². The highest BCUT2D eigenvalue weighted by molar-refractivity contribution is 14.1. The Kier molecular flexibility index (Phi) is 10.1. The molecule has 1 saturated heterocycles. The lowest BCUT2D eigenvalue weighted by Crippen LogP contribution is -2.43. The summed E-state index contributed by atoms with van der Waals surface area (Å²) in [5.41, 5.74) is 3.47. The van der Waals surface area contributed by atoms with E-state index >= 15 is 0 Å². The first-order chi connectivity index (χ1) is 22.9. The first kappa shape index (κ1) is 32.6. The number of halogens is 1. The molecule has 3 atom stereocenters. The van der Waals surface area contributed by atoms with Gasteiger partial charge in [0.15, 0.2) is 0 Å². The molecule has 6 rings (SSSR count). The van der Waals surface area contributed by atoms with Gasteiger partial charge >= 0.3 is 5.97 Å². The number of hydrogen-bond acceptors (Lipinski definition) is 7. The van der Waals surface area contributed by atoms with Gasteiger partial charge < -0.3 is 30.0 Å². The van der Waals surface area contributed by atoms with E-state index in [4.69, 9.17) is 19.3 Å². The summed E-state index contributed by atoms with van der Waals surface area (Å²) >= 11 is 2.14. The van der Waals surface area contributed by atoms with Gasteiger partial charge in [-0.1, -0.05) is 78.9 Å². The SMILES string of the molecule is O=C(NCc1cccc(C(=O)NCCO)c1)C1=CC2OC(c3ccccc3)(c3ccccc3)OC2C(OC(=O)c2cccc(I)c2)C1. The highest BCUT2D eigenvalue weighted by Crippen LogP contribution is 2.47. The fourth-order valence-electron chi connectivity index (χ4n) is 5.80. The molecule has 1 heterocycles. The third-order valence-electron chi connectivity index (χ3n) is 8.04. The van der Waals surface area contributed by atoms with E-state index in [0.717, 1.165) is 20.3 Å². The molecule has 4 aromatic rings. The van der Waals surface area contributed by atoms with Crippen molar-refractivity contribution in [1.82, 2.24) is 10.6 Å². The van der Waals surface area contributed by atoms with E-state index in [0.29, 0.717) is 16.7 Å². The number of rotatable bonds is 10. The fourth-order valence-corrected chi connectivity index (χ4v) is 6.35. The van der Waals surface area contributed by atoms with Crippen molar-refractivity contribution in [1.29, 1.82) is 0 Å². The maximum atomic E-state index is 13.6. The molecule has 3 N–H and O–H groups in total. The molecule has 1 aliphatic heterocycles. The zero-order valence-electron chi connectivity index (χ0n) is 25.3. The van der Waals surface area contributed by atoms with Crippen molar-refractivity contribution in [3.63, 3.8) is 0 Å². The minimum atomic E-state index is -1.30. The Balaban J connectivity index is 1.28. The topological polar surface area (TPSA) is 123 Å². The van der Waals surface area contributed by atoms with Gasteiger partial charge in [0.2, 0.25) is 11.7 Å². The fraction of sp³-hybridized carbons (Fsp3) is 0.216. The van der Waals surface area contributed by atoms with Crippen LogP contribution in [0, 0.1) is 3.57 Å². The second-order valence-electron chi connectivity index (χ2n) is 11.2. The molecule has 1 aliphatic carbocycles. The lowest BCUT2D eigenvalue weighted by molar-refractivity contribution is -0.157. The lowest BCUT2D eigenvalue weighted by Gasteiger charge is -2.31. The zero-order valence-corrected chi connectivity index (χ0v) is 27.5. The van der Waals surface area contributed by atoms with Crippen molar-refractivity contribution < 1.29 is 33.7 Å². The molecule has 47 heavy (non-hydrogen) atoms. The number of aliphatic hydroxyl groups is 1. The standard InChI is InChI=1S/C37H33IN2O7/c38-30-16-8-11-26(20-30)36(44)45-31-21-27(35(43)40-23-24-9-7-10-25(19-24)34(42)39-17-18-41)22-32-33(31)47-37(46-32,28-12-3-1-4-13-28)29-14-5-2-6-15-29/h1-16,19-20,22,31-33,41H,17-18,21,23H2,(H,39,42)(H,40,43). The summed E-state index contributed by atoms with van der Waals surface area (Å²) in [6.07, 6.45) is -0.383. The second-order valence-corrected chi connectivity index (χ2v) is 12.5. The van der Waals surface area contributed by atoms with Crippen LogP contribution in [0.2, 0.25) is 0 Å². The molecule has 3 unspecified atom stereocenters. The number of ether oxygens (including phenoxy) is 3. The predicted octanol–water partition coefficient (Wildman–Crippen LogP) is 4.87. The highest BCUT2D eigenvalue weighted by atomic mass is 127. The van der Waals surface area contributed by atoms with E-state index in [2.05, 4.69) is 33.2 Å². The number of nitrogens with one attached hydrogen (secondary N) is 2. The van der Waals surface area contributed by atoms with Gasteiger partial charge in [0.05, 0.1) is 12.2 Å². The summed E-state index contributed by atoms with van der Waals surface area (Å²) in [6.45, 7) is 0.145. The molecular formula is C37H33IN2O7. The summed E-state index contributed by atoms with van der Waals surface area (Å²) in [7, 11) is 0. The number of amides is 2. The van der Waals surface area contributed by atoms with Crippen LogP contribution in [0.5, 0.6) is 0 Å². The molecule has 0 spiro atoms. The molecule has 4 aromatic carbocycles. The lowest BCUT2D eigenvalue weighted by atomic mass is 9.91. The number of carbonyl (C=O) groups is 3. The van der Waals surface area contributed by atoms with E-state index in [9.17, 15) is 14.4 Å². The van der Waals surface area contributed by atoms with E-state index in [1.54, 1.807) is 42.5 Å². The van der Waals surface area contributed by atoms with Crippen LogP contribution in [0.3, 0.4) is 0 Å². The van der Waals surface area contributed by atoms with Gasteiger partial charge in [-0.15, -0.1) is 0 Å². The van der Waals surface area contributed by atoms with Crippen LogP contribution in [-0.2, 0) is 31.3 Å². The van der Waals surface area contributed by atoms with Crippen molar-refractivity contribution >= 4 is 40.4 Å². The Morgan fingerprint density at radius 2 is 1.49 bits per heavy atom. The van der Waals surface area contributed by atoms with Crippen LogP contribution in [0.1, 0.15) is 43.8 Å². The van der Waals surface area contributed by atoms with Gasteiger partial charge in [-0.25, -0.2) is 4.79 Å². The van der Waals surface area contributed by atoms with Gasteiger partial charge in [0, 0.05) is 45.3 Å². The van der Waals surface area contributed by atoms with E-state index < -0.39 is 30.1 Å². The maximum Gasteiger partial charge on any atom is 0.338 e. The molecule has 10 heteroatoms. The molecule has 0 aromatic heterocycles. The van der Waals surface area contributed by atoms with Crippen LogP contribution in [0.4, 0.5) is 0 Å². The van der Waals surface area contributed by atoms with Crippen molar-refractivity contribution in [2.45, 2.75) is 37.1 Å². The molecule has 240 valence electrons. The monoisotopic (exact) mass is 744 g/mol. The first-order valence-corrected chi connectivity index (χ1v) is 16.3. The second kappa shape index (κ2) is 14.6. The Labute approximate surface area is 286 Å². The summed E-state index contributed by atoms with van der Waals surface area (Å²) in [5.74, 6) is -2.49. The number of hydrogen-bond donors (Lipinski definition) is 3. The molecule has 2 aliphatic rings. The molecule has 0 saturated carbocycles. The van der Waals surface area contributed by atoms with Crippen LogP contribution in [-0.4, -0.2) is 54.4 Å². The zero-order chi connectivity index (χ0) is 32.8. The average Bonchev–Trinajstić information content (AvgIpc) is 3.52. The molecule has 9 nitrogen and oxygen atoms in total. The van der Waals surface area contributed by atoms with E-state index in [1.165, 1.54) is 0 Å². The summed E-state index contributed by atoms with van der Waals surface area (Å²) in [4.78, 5) is 39.4. The van der Waals surface area contributed by atoms with Crippen LogP contribution < -0.4 is 10.6 Å². The number of aliphatic hydroxyl groups excluding tert-OH is 1. The molecule has 0 radical (unpaired) electrons. The van der Waals surface area contributed by atoms with Crippen molar-refractivity contribution in [3.8, 4) is 0 Å². The van der Waals surface area contributed by atoms with Crippen molar-refractivity contribution in [2.75, 3.05) is 13.2 Å². The highest BCUT2D eigenvalue weighted by Gasteiger charge is 2.54. The first-order valence-electron chi connectivity index (χ1n) is 15.3. The number of benzene rings is 4. The Bertz CT molecular complexity index is 1740. The minimum absolute atomic E-state index is 0.106. The number of carbonyl (C=O) groups excluding carboxylic acids is 3. The molecule has 2 amide bonds. The smallest absolute Gasteiger partial charge is 0.338 e. The van der Waals surface area contributed by atoms with Crippen LogP contribution >= 0.6 is 22.6 Å². The third-order valence-corrected chi connectivity index (χ3v) is 8.71. The van der Waals surface area contributed by atoms with E-state index in [1.807, 2.05) is 72.8 Å². The summed E-state index contributed by atoms with van der Waals surface area (Å²) in [5, 5.41) is 14.6. The van der Waals surface area contributed by atoms with Crippen LogP contribution in [0.25, 0.3) is 0 Å². The molecule has 0 bridgehead atoms.